The first-order chi connectivity index (χ1) is 8.41. The molecule has 0 radical (unpaired) electrons. The van der Waals surface area contributed by atoms with E-state index >= 15 is 0 Å². The Kier molecular flexibility index (Phi) is 4.08. The number of hydrogen-bond donors (Lipinski definition) is 2. The number of benzene rings is 1. The normalized spacial score (nSPS) is 10.8. The summed E-state index contributed by atoms with van der Waals surface area (Å²) in [5.74, 6) is -2.17. The molecule has 0 atom stereocenters. The van der Waals surface area contributed by atoms with Gasteiger partial charge in [0.2, 0.25) is 0 Å². The summed E-state index contributed by atoms with van der Waals surface area (Å²) in [7, 11) is 0. The molecule has 1 rings (SSSR count). The average Bonchev–Trinajstić information content (AvgIpc) is 2.35. The van der Waals surface area contributed by atoms with Gasteiger partial charge in [-0.1, -0.05) is 0 Å². The Hall–Kier alpha value is -2.77. The van der Waals surface area contributed by atoms with Crippen molar-refractivity contribution in [3.8, 4) is 0 Å². The van der Waals surface area contributed by atoms with Gasteiger partial charge in [-0.2, -0.15) is 5.10 Å². The molecule has 0 aliphatic rings. The van der Waals surface area contributed by atoms with Gasteiger partial charge in [-0.05, 0) is 24.6 Å². The number of amides is 2. The van der Waals surface area contributed by atoms with Gasteiger partial charge >= 0.3 is 11.8 Å². The van der Waals surface area contributed by atoms with Crippen LogP contribution in [0.2, 0.25) is 0 Å². The fourth-order valence-corrected chi connectivity index (χ4v) is 1.08. The minimum atomic E-state index is -1.14. The van der Waals surface area contributed by atoms with E-state index in [1.807, 2.05) is 5.43 Å². The predicted molar refractivity (Wildman–Crippen MR) is 62.6 cm³/mol. The number of nitrogens with two attached hydrogens (primary N) is 1. The third kappa shape index (κ3) is 3.37. The van der Waals surface area contributed by atoms with E-state index in [1.54, 1.807) is 6.92 Å². The van der Waals surface area contributed by atoms with Crippen molar-refractivity contribution >= 4 is 23.2 Å². The standard InChI is InChI=1S/C10H10N4O4/c1-6(12-13-10(16)9(11)15)7-2-4-8(5-3-7)14(17)18/h2-5H,1H3,(H2,11,15)(H,13,16). The summed E-state index contributed by atoms with van der Waals surface area (Å²) < 4.78 is 0. The van der Waals surface area contributed by atoms with Crippen LogP contribution in [-0.2, 0) is 9.59 Å². The van der Waals surface area contributed by atoms with E-state index in [0.29, 0.717) is 11.3 Å². The van der Waals surface area contributed by atoms with E-state index in [0.717, 1.165) is 0 Å². The minimum absolute atomic E-state index is 0.0484. The van der Waals surface area contributed by atoms with Crippen LogP contribution in [0.4, 0.5) is 5.69 Å². The van der Waals surface area contributed by atoms with E-state index in [9.17, 15) is 19.7 Å². The highest BCUT2D eigenvalue weighted by atomic mass is 16.6. The molecule has 0 aromatic heterocycles. The van der Waals surface area contributed by atoms with Crippen molar-refractivity contribution in [2.75, 3.05) is 0 Å². The van der Waals surface area contributed by atoms with Crippen LogP contribution < -0.4 is 11.2 Å². The number of hydrazone groups is 1. The number of nitrogens with zero attached hydrogens (tertiary/aromatic N) is 2. The topological polar surface area (TPSA) is 128 Å². The van der Waals surface area contributed by atoms with Gasteiger partial charge in [0.15, 0.2) is 0 Å². The van der Waals surface area contributed by atoms with Gasteiger partial charge in [0.1, 0.15) is 0 Å². The number of nitro groups is 1. The number of primary amides is 1. The highest BCUT2D eigenvalue weighted by Crippen LogP contribution is 2.12. The van der Waals surface area contributed by atoms with E-state index in [-0.39, 0.29) is 5.69 Å². The molecule has 8 nitrogen and oxygen atoms in total. The van der Waals surface area contributed by atoms with E-state index in [4.69, 9.17) is 5.73 Å². The van der Waals surface area contributed by atoms with E-state index in [1.165, 1.54) is 24.3 Å². The molecule has 0 spiro atoms. The SMILES string of the molecule is CC(=NNC(=O)C(N)=O)c1ccc([N+](=O)[O-])cc1. The Morgan fingerprint density at radius 2 is 1.89 bits per heavy atom. The van der Waals surface area contributed by atoms with Crippen molar-refractivity contribution in [3.05, 3.63) is 39.9 Å². The van der Waals surface area contributed by atoms with Crippen LogP contribution >= 0.6 is 0 Å². The first-order valence-electron chi connectivity index (χ1n) is 4.80. The Morgan fingerprint density at radius 3 is 2.33 bits per heavy atom. The molecule has 0 saturated heterocycles. The Bertz CT molecular complexity index is 521. The zero-order chi connectivity index (χ0) is 13.7. The monoisotopic (exact) mass is 250 g/mol. The molecule has 18 heavy (non-hydrogen) atoms. The molecule has 1 aromatic rings. The molecule has 3 N–H and O–H groups in total. The lowest BCUT2D eigenvalue weighted by atomic mass is 10.1. The molecule has 8 heteroatoms. The first kappa shape index (κ1) is 13.3. The lowest BCUT2D eigenvalue weighted by Gasteiger charge is -2.00. The highest BCUT2D eigenvalue weighted by Gasteiger charge is 2.08. The van der Waals surface area contributed by atoms with Gasteiger partial charge in [0.05, 0.1) is 10.6 Å². The van der Waals surface area contributed by atoms with Crippen molar-refractivity contribution in [1.29, 1.82) is 0 Å². The zero-order valence-corrected chi connectivity index (χ0v) is 9.41. The number of hydrogen-bond acceptors (Lipinski definition) is 5. The lowest BCUT2D eigenvalue weighted by molar-refractivity contribution is -0.384. The number of carbonyl (C=O) groups excluding carboxylic acids is 2. The van der Waals surface area contributed by atoms with Gasteiger partial charge in [-0.25, -0.2) is 5.43 Å². The maximum Gasteiger partial charge on any atom is 0.329 e. The molecule has 94 valence electrons. The zero-order valence-electron chi connectivity index (χ0n) is 9.41. The molecule has 1 aromatic carbocycles. The summed E-state index contributed by atoms with van der Waals surface area (Å²) in [6.07, 6.45) is 0. The summed E-state index contributed by atoms with van der Waals surface area (Å²) >= 11 is 0. The molecule has 2 amide bonds. The first-order valence-corrected chi connectivity index (χ1v) is 4.80. The fraction of sp³-hybridized carbons (Fsp3) is 0.100. The highest BCUT2D eigenvalue weighted by molar-refractivity contribution is 6.34. The molecule has 0 heterocycles. The Labute approximate surface area is 102 Å². The minimum Gasteiger partial charge on any atom is -0.361 e. The predicted octanol–water partition coefficient (Wildman–Crippen LogP) is -0.0797. The van der Waals surface area contributed by atoms with E-state index < -0.39 is 16.7 Å². The van der Waals surface area contributed by atoms with Crippen LogP contribution in [0.5, 0.6) is 0 Å². The van der Waals surface area contributed by atoms with Crippen LogP contribution in [0.1, 0.15) is 12.5 Å². The summed E-state index contributed by atoms with van der Waals surface area (Å²) in [5, 5.41) is 14.1. The summed E-state index contributed by atoms with van der Waals surface area (Å²) in [4.78, 5) is 31.2. The van der Waals surface area contributed by atoms with E-state index in [2.05, 4.69) is 5.10 Å². The number of non-ortho nitro benzene ring substituents is 1. The van der Waals surface area contributed by atoms with Gasteiger partial charge in [0, 0.05) is 12.1 Å². The molecule has 0 bridgehead atoms. The molecular weight excluding hydrogens is 240 g/mol. The van der Waals surface area contributed by atoms with Crippen LogP contribution in [-0.4, -0.2) is 22.4 Å². The quantitative estimate of drug-likeness (QED) is 0.336. The van der Waals surface area contributed by atoms with Crippen molar-refractivity contribution in [2.24, 2.45) is 10.8 Å². The third-order valence-electron chi connectivity index (χ3n) is 2.04. The Morgan fingerprint density at radius 1 is 1.33 bits per heavy atom. The third-order valence-corrected chi connectivity index (χ3v) is 2.04. The number of nitrogens with one attached hydrogen (secondary N) is 1. The lowest BCUT2D eigenvalue weighted by Crippen LogP contribution is -2.33. The van der Waals surface area contributed by atoms with Crippen molar-refractivity contribution in [1.82, 2.24) is 5.43 Å². The van der Waals surface area contributed by atoms with Crippen LogP contribution in [0.3, 0.4) is 0 Å². The van der Waals surface area contributed by atoms with Crippen molar-refractivity contribution in [2.45, 2.75) is 6.92 Å². The van der Waals surface area contributed by atoms with Crippen LogP contribution in [0.25, 0.3) is 0 Å². The fourth-order valence-electron chi connectivity index (χ4n) is 1.08. The second-order valence-corrected chi connectivity index (χ2v) is 3.31. The maximum atomic E-state index is 10.8. The molecule has 0 aliphatic carbocycles. The molecule has 0 fully saturated rings. The van der Waals surface area contributed by atoms with Crippen molar-refractivity contribution < 1.29 is 14.5 Å². The molecule has 0 unspecified atom stereocenters. The smallest absolute Gasteiger partial charge is 0.329 e. The van der Waals surface area contributed by atoms with Gasteiger partial charge < -0.3 is 5.73 Å². The largest absolute Gasteiger partial charge is 0.361 e. The number of rotatable bonds is 3. The number of nitro benzene ring substituents is 1. The Balaban J connectivity index is 2.81. The molecule has 0 saturated carbocycles. The number of carbonyl (C=O) groups is 2. The summed E-state index contributed by atoms with van der Waals surface area (Å²) in [6, 6.07) is 5.58. The van der Waals surface area contributed by atoms with Crippen molar-refractivity contribution in [3.63, 3.8) is 0 Å². The van der Waals surface area contributed by atoms with Gasteiger partial charge in [0.25, 0.3) is 5.69 Å². The van der Waals surface area contributed by atoms with Gasteiger partial charge in [-0.15, -0.1) is 0 Å². The second kappa shape index (κ2) is 5.53. The maximum absolute atomic E-state index is 10.8. The second-order valence-electron chi connectivity index (χ2n) is 3.31. The summed E-state index contributed by atoms with van der Waals surface area (Å²) in [6.45, 7) is 1.57. The molecule has 0 aliphatic heterocycles. The van der Waals surface area contributed by atoms with Crippen LogP contribution in [0, 0.1) is 10.1 Å². The van der Waals surface area contributed by atoms with Gasteiger partial charge in [-0.3, -0.25) is 19.7 Å². The summed E-state index contributed by atoms with van der Waals surface area (Å²) in [5.41, 5.74) is 7.59. The average molecular weight is 250 g/mol. The van der Waals surface area contributed by atoms with Crippen LogP contribution in [0.15, 0.2) is 29.4 Å². The molecular formula is C10H10N4O4.